The van der Waals surface area contributed by atoms with E-state index >= 15 is 0 Å². The Hall–Kier alpha value is -1.15. The molecule has 2 fully saturated rings. The van der Waals surface area contributed by atoms with Crippen LogP contribution in [-0.2, 0) is 24.3 Å². The van der Waals surface area contributed by atoms with E-state index in [1.54, 1.807) is 0 Å². The maximum absolute atomic E-state index is 12.0. The highest BCUT2D eigenvalue weighted by atomic mass is 32.2. The maximum atomic E-state index is 12.0. The first kappa shape index (κ1) is 12.3. The van der Waals surface area contributed by atoms with E-state index < -0.39 is 32.8 Å². The van der Waals surface area contributed by atoms with Gasteiger partial charge in [0.2, 0.25) is 10.0 Å². The van der Waals surface area contributed by atoms with Gasteiger partial charge in [-0.3, -0.25) is 9.59 Å². The summed E-state index contributed by atoms with van der Waals surface area (Å²) in [5, 5.41) is 7.38. The Morgan fingerprint density at radius 1 is 1.47 bits per heavy atom. The van der Waals surface area contributed by atoms with Crippen LogP contribution < -0.4 is 0 Å². The lowest BCUT2D eigenvalue weighted by atomic mass is 9.91. The lowest BCUT2D eigenvalue weighted by Gasteiger charge is -2.26. The number of carboxylic acids is 1. The summed E-state index contributed by atoms with van der Waals surface area (Å²) >= 11 is 0. The predicted molar refractivity (Wildman–Crippen MR) is 55.6 cm³/mol. The number of sulfonamides is 1. The average molecular weight is 263 g/mol. The Bertz CT molecular complexity index is 472. The van der Waals surface area contributed by atoms with Gasteiger partial charge in [-0.2, -0.15) is 4.31 Å². The molecule has 2 aliphatic rings. The summed E-state index contributed by atoms with van der Waals surface area (Å²) in [5.41, 5.74) is -1.29. The van der Waals surface area contributed by atoms with E-state index in [-0.39, 0.29) is 13.0 Å². The third-order valence-corrected chi connectivity index (χ3v) is 5.69. The number of esters is 1. The predicted octanol–water partition coefficient (Wildman–Crippen LogP) is -0.819. The van der Waals surface area contributed by atoms with E-state index in [0.29, 0.717) is 12.8 Å². The molecule has 17 heavy (non-hydrogen) atoms. The monoisotopic (exact) mass is 263 g/mol. The molecule has 2 atom stereocenters. The van der Waals surface area contributed by atoms with E-state index in [1.807, 2.05) is 0 Å². The summed E-state index contributed by atoms with van der Waals surface area (Å²) in [4.78, 5) is 22.7. The smallest absolute Gasteiger partial charge is 0.327 e. The fraction of sp³-hybridized carbons (Fsp3) is 0.778. The SMILES string of the molecule is COC(=O)C12CCCN1S(=O)(=O)C(C(=O)O)C2. The Labute approximate surface area is 98.4 Å². The molecule has 2 saturated heterocycles. The fourth-order valence-electron chi connectivity index (χ4n) is 2.69. The largest absolute Gasteiger partial charge is 0.480 e. The molecule has 0 aromatic rings. The van der Waals surface area contributed by atoms with E-state index in [9.17, 15) is 18.0 Å². The van der Waals surface area contributed by atoms with Gasteiger partial charge < -0.3 is 9.84 Å². The van der Waals surface area contributed by atoms with Crippen LogP contribution in [0.15, 0.2) is 0 Å². The molecule has 0 saturated carbocycles. The standard InChI is InChI=1S/C9H13NO6S/c1-16-8(13)9-3-2-4-10(9)17(14,15)6(5-9)7(11)12/h6H,2-5H2,1H3,(H,11,12). The van der Waals surface area contributed by atoms with Crippen molar-refractivity contribution in [3.8, 4) is 0 Å². The molecule has 2 unspecified atom stereocenters. The molecule has 0 aromatic carbocycles. The minimum Gasteiger partial charge on any atom is -0.480 e. The summed E-state index contributed by atoms with van der Waals surface area (Å²) in [6.45, 7) is 0.182. The summed E-state index contributed by atoms with van der Waals surface area (Å²) in [6.07, 6.45) is 0.640. The second-order valence-corrected chi connectivity index (χ2v) is 6.31. The fourth-order valence-corrected chi connectivity index (χ4v) is 4.85. The van der Waals surface area contributed by atoms with Crippen LogP contribution >= 0.6 is 0 Å². The highest BCUT2D eigenvalue weighted by Gasteiger charge is 2.64. The van der Waals surface area contributed by atoms with Crippen LogP contribution in [0.4, 0.5) is 0 Å². The second kappa shape index (κ2) is 3.67. The Morgan fingerprint density at radius 2 is 2.12 bits per heavy atom. The quantitative estimate of drug-likeness (QED) is 0.653. The number of fused-ring (bicyclic) bond motifs is 1. The molecule has 0 aromatic heterocycles. The molecule has 0 radical (unpaired) electrons. The van der Waals surface area contributed by atoms with Crippen LogP contribution in [-0.4, -0.2) is 54.2 Å². The first-order valence-corrected chi connectivity index (χ1v) is 6.69. The molecular weight excluding hydrogens is 250 g/mol. The summed E-state index contributed by atoms with van der Waals surface area (Å²) < 4.78 is 29.6. The van der Waals surface area contributed by atoms with Gasteiger partial charge >= 0.3 is 11.9 Å². The third-order valence-electron chi connectivity index (χ3n) is 3.46. The molecular formula is C9H13NO6S. The number of carbonyl (C=O) groups is 2. The van der Waals surface area contributed by atoms with Gasteiger partial charge in [-0.05, 0) is 12.8 Å². The zero-order valence-electron chi connectivity index (χ0n) is 9.25. The molecule has 1 N–H and O–H groups in total. The van der Waals surface area contributed by atoms with Crippen molar-refractivity contribution in [1.29, 1.82) is 0 Å². The van der Waals surface area contributed by atoms with E-state index in [1.165, 1.54) is 7.11 Å². The first-order valence-electron chi connectivity index (χ1n) is 5.19. The van der Waals surface area contributed by atoms with Gasteiger partial charge in [0.25, 0.3) is 0 Å². The van der Waals surface area contributed by atoms with Crippen molar-refractivity contribution in [1.82, 2.24) is 4.31 Å². The van der Waals surface area contributed by atoms with Crippen molar-refractivity contribution in [3.05, 3.63) is 0 Å². The van der Waals surface area contributed by atoms with Gasteiger partial charge in [0, 0.05) is 13.0 Å². The second-order valence-electron chi connectivity index (χ2n) is 4.27. The zero-order chi connectivity index (χ0) is 12.8. The van der Waals surface area contributed by atoms with Crippen LogP contribution in [0.2, 0.25) is 0 Å². The maximum Gasteiger partial charge on any atom is 0.327 e. The van der Waals surface area contributed by atoms with Crippen LogP contribution in [0, 0.1) is 0 Å². The number of carbonyl (C=O) groups excluding carboxylic acids is 1. The van der Waals surface area contributed by atoms with Crippen molar-refractivity contribution < 1.29 is 27.9 Å². The molecule has 8 heteroatoms. The summed E-state index contributed by atoms with van der Waals surface area (Å²) in [6, 6.07) is 0. The number of methoxy groups -OCH3 is 1. The van der Waals surface area contributed by atoms with Crippen LogP contribution in [0.5, 0.6) is 0 Å². The molecule has 0 spiro atoms. The lowest BCUT2D eigenvalue weighted by molar-refractivity contribution is -0.150. The number of rotatable bonds is 2. The van der Waals surface area contributed by atoms with Crippen LogP contribution in [0.1, 0.15) is 19.3 Å². The molecule has 0 aliphatic carbocycles. The van der Waals surface area contributed by atoms with E-state index in [4.69, 9.17) is 5.11 Å². The molecule has 7 nitrogen and oxygen atoms in total. The van der Waals surface area contributed by atoms with E-state index in [2.05, 4.69) is 4.74 Å². The molecule has 0 amide bonds. The molecule has 96 valence electrons. The minimum atomic E-state index is -3.94. The van der Waals surface area contributed by atoms with Gasteiger partial charge in [-0.15, -0.1) is 0 Å². The number of hydrogen-bond donors (Lipinski definition) is 1. The number of nitrogens with zero attached hydrogens (tertiary/aromatic N) is 1. The zero-order valence-corrected chi connectivity index (χ0v) is 10.1. The van der Waals surface area contributed by atoms with Gasteiger partial charge in [0.05, 0.1) is 7.11 Å². The third kappa shape index (κ3) is 1.47. The highest BCUT2D eigenvalue weighted by Crippen LogP contribution is 2.45. The van der Waals surface area contributed by atoms with Crippen molar-refractivity contribution in [2.75, 3.05) is 13.7 Å². The van der Waals surface area contributed by atoms with Gasteiger partial charge in [-0.25, -0.2) is 8.42 Å². The number of ether oxygens (including phenoxy) is 1. The Morgan fingerprint density at radius 3 is 2.65 bits per heavy atom. The van der Waals surface area contributed by atoms with Crippen molar-refractivity contribution in [2.24, 2.45) is 0 Å². The van der Waals surface area contributed by atoms with Crippen molar-refractivity contribution >= 4 is 22.0 Å². The summed E-state index contributed by atoms with van der Waals surface area (Å²) in [7, 11) is -2.77. The van der Waals surface area contributed by atoms with Crippen molar-refractivity contribution in [2.45, 2.75) is 30.1 Å². The number of carboxylic acid groups (broad SMARTS) is 1. The first-order chi connectivity index (χ1) is 7.86. The average Bonchev–Trinajstić information content (AvgIpc) is 2.77. The lowest BCUT2D eigenvalue weighted by Crippen LogP contribution is -2.47. The van der Waals surface area contributed by atoms with Crippen LogP contribution in [0.3, 0.4) is 0 Å². The van der Waals surface area contributed by atoms with Gasteiger partial charge in [0.1, 0.15) is 5.54 Å². The van der Waals surface area contributed by atoms with Crippen molar-refractivity contribution in [3.63, 3.8) is 0 Å². The summed E-state index contributed by atoms with van der Waals surface area (Å²) in [5.74, 6) is -2.08. The molecule has 2 heterocycles. The molecule has 0 bridgehead atoms. The van der Waals surface area contributed by atoms with E-state index in [0.717, 1.165) is 4.31 Å². The number of aliphatic carboxylic acids is 1. The Balaban J connectivity index is 2.49. The highest BCUT2D eigenvalue weighted by molar-refractivity contribution is 7.90. The topological polar surface area (TPSA) is 101 Å². The molecule has 2 rings (SSSR count). The Kier molecular flexibility index (Phi) is 2.66. The number of hydrogen-bond acceptors (Lipinski definition) is 5. The van der Waals surface area contributed by atoms with Gasteiger partial charge in [-0.1, -0.05) is 0 Å². The normalized spacial score (nSPS) is 35.5. The van der Waals surface area contributed by atoms with Gasteiger partial charge in [0.15, 0.2) is 5.25 Å². The molecule has 2 aliphatic heterocycles. The van der Waals surface area contributed by atoms with Crippen LogP contribution in [0.25, 0.3) is 0 Å². The minimum absolute atomic E-state index is 0.182.